The maximum Gasteiger partial charge on any atom is 0.145 e. The van der Waals surface area contributed by atoms with Gasteiger partial charge in [-0.25, -0.2) is 4.39 Å². The lowest BCUT2D eigenvalue weighted by Gasteiger charge is -2.13. The summed E-state index contributed by atoms with van der Waals surface area (Å²) in [6, 6.07) is 11.2. The van der Waals surface area contributed by atoms with Gasteiger partial charge in [-0.1, -0.05) is 26.0 Å². The first-order valence-electron chi connectivity index (χ1n) is 6.66. The Balaban J connectivity index is 2.19. The van der Waals surface area contributed by atoms with Gasteiger partial charge in [-0.2, -0.15) is 5.26 Å². The van der Waals surface area contributed by atoms with Crippen LogP contribution in [0.3, 0.4) is 0 Å². The summed E-state index contributed by atoms with van der Waals surface area (Å²) in [5.74, 6) is -0.425. The normalized spacial score (nSPS) is 10.8. The summed E-state index contributed by atoms with van der Waals surface area (Å²) in [5, 5.41) is 12.2. The van der Waals surface area contributed by atoms with Crippen molar-refractivity contribution >= 4 is 0 Å². The molecule has 0 fully saturated rings. The van der Waals surface area contributed by atoms with Gasteiger partial charge in [0.1, 0.15) is 11.9 Å². The number of nitrogens with zero attached hydrogens (tertiary/aromatic N) is 2. The molecular formula is C16H18FN3. The second-order valence-electron chi connectivity index (χ2n) is 5.05. The minimum absolute atomic E-state index is 0.0940. The topological polar surface area (TPSA) is 40.8 Å². The van der Waals surface area contributed by atoms with E-state index in [1.54, 1.807) is 12.1 Å². The van der Waals surface area contributed by atoms with Gasteiger partial charge in [-0.05, 0) is 18.2 Å². The number of nitrogens with one attached hydrogen (secondary N) is 1. The van der Waals surface area contributed by atoms with Crippen molar-refractivity contribution in [2.75, 3.05) is 0 Å². The highest BCUT2D eigenvalue weighted by Crippen LogP contribution is 2.15. The van der Waals surface area contributed by atoms with Crippen LogP contribution in [-0.2, 0) is 13.1 Å². The molecule has 0 spiro atoms. The zero-order valence-electron chi connectivity index (χ0n) is 11.7. The van der Waals surface area contributed by atoms with E-state index in [2.05, 4.69) is 19.2 Å². The molecule has 1 aromatic heterocycles. The molecule has 20 heavy (non-hydrogen) atoms. The SMILES string of the molecule is CC(C)NCc1cccn1Cc1cccc(C#N)c1F. The highest BCUT2D eigenvalue weighted by molar-refractivity contribution is 5.35. The lowest BCUT2D eigenvalue weighted by molar-refractivity contribution is 0.556. The van der Waals surface area contributed by atoms with Gasteiger partial charge in [-0.15, -0.1) is 0 Å². The monoisotopic (exact) mass is 271 g/mol. The Labute approximate surface area is 118 Å². The predicted molar refractivity (Wildman–Crippen MR) is 76.6 cm³/mol. The molecular weight excluding hydrogens is 253 g/mol. The van der Waals surface area contributed by atoms with Crippen LogP contribution in [0, 0.1) is 17.1 Å². The molecule has 2 rings (SSSR count). The smallest absolute Gasteiger partial charge is 0.145 e. The van der Waals surface area contributed by atoms with Gasteiger partial charge in [0.15, 0.2) is 0 Å². The fraction of sp³-hybridized carbons (Fsp3) is 0.312. The second-order valence-corrected chi connectivity index (χ2v) is 5.05. The standard InChI is InChI=1S/C16H18FN3/c1-12(2)19-10-15-7-4-8-20(15)11-14-6-3-5-13(9-18)16(14)17/h3-8,12,19H,10-11H2,1-2H3. The summed E-state index contributed by atoms with van der Waals surface area (Å²) >= 11 is 0. The van der Waals surface area contributed by atoms with E-state index >= 15 is 0 Å². The summed E-state index contributed by atoms with van der Waals surface area (Å²) in [4.78, 5) is 0. The maximum atomic E-state index is 14.1. The quantitative estimate of drug-likeness (QED) is 0.908. The molecule has 1 heterocycles. The Morgan fingerprint density at radius 1 is 1.30 bits per heavy atom. The summed E-state index contributed by atoms with van der Waals surface area (Å²) in [5.41, 5.74) is 1.73. The van der Waals surface area contributed by atoms with Crippen LogP contribution in [0.25, 0.3) is 0 Å². The van der Waals surface area contributed by atoms with Crippen molar-refractivity contribution in [2.45, 2.75) is 33.0 Å². The maximum absolute atomic E-state index is 14.1. The molecule has 1 aromatic carbocycles. The van der Waals surface area contributed by atoms with Crippen molar-refractivity contribution in [2.24, 2.45) is 0 Å². The van der Waals surface area contributed by atoms with Crippen LogP contribution in [-0.4, -0.2) is 10.6 Å². The van der Waals surface area contributed by atoms with E-state index in [0.717, 1.165) is 12.2 Å². The molecule has 0 unspecified atom stereocenters. The van der Waals surface area contributed by atoms with Crippen LogP contribution in [0.15, 0.2) is 36.5 Å². The number of hydrogen-bond donors (Lipinski definition) is 1. The molecule has 0 amide bonds. The number of rotatable bonds is 5. The largest absolute Gasteiger partial charge is 0.346 e. The number of benzene rings is 1. The number of hydrogen-bond acceptors (Lipinski definition) is 2. The van der Waals surface area contributed by atoms with Crippen LogP contribution in [0.4, 0.5) is 4.39 Å². The minimum atomic E-state index is -0.425. The third-order valence-electron chi connectivity index (χ3n) is 3.15. The molecule has 0 aliphatic heterocycles. The molecule has 1 N–H and O–H groups in total. The molecule has 4 heteroatoms. The van der Waals surface area contributed by atoms with Gasteiger partial charge in [0.2, 0.25) is 0 Å². The molecule has 0 saturated carbocycles. The van der Waals surface area contributed by atoms with Gasteiger partial charge in [0, 0.05) is 30.0 Å². The number of aromatic nitrogens is 1. The van der Waals surface area contributed by atoms with Crippen LogP contribution in [0.2, 0.25) is 0 Å². The minimum Gasteiger partial charge on any atom is -0.346 e. The first kappa shape index (κ1) is 14.3. The van der Waals surface area contributed by atoms with Crippen LogP contribution < -0.4 is 5.32 Å². The zero-order valence-corrected chi connectivity index (χ0v) is 11.7. The van der Waals surface area contributed by atoms with Crippen molar-refractivity contribution in [1.29, 1.82) is 5.26 Å². The third-order valence-corrected chi connectivity index (χ3v) is 3.15. The Kier molecular flexibility index (Phi) is 4.54. The Morgan fingerprint density at radius 2 is 2.10 bits per heavy atom. The highest BCUT2D eigenvalue weighted by atomic mass is 19.1. The van der Waals surface area contributed by atoms with E-state index in [9.17, 15) is 4.39 Å². The average Bonchev–Trinajstić information content (AvgIpc) is 2.86. The van der Waals surface area contributed by atoms with Crippen molar-refractivity contribution in [3.05, 3.63) is 59.2 Å². The third kappa shape index (κ3) is 3.25. The predicted octanol–water partition coefficient (Wildman–Crippen LogP) is 3.05. The van der Waals surface area contributed by atoms with Gasteiger partial charge >= 0.3 is 0 Å². The molecule has 0 aliphatic carbocycles. The first-order chi connectivity index (χ1) is 9.61. The van der Waals surface area contributed by atoms with Crippen LogP contribution in [0.1, 0.15) is 30.7 Å². The van der Waals surface area contributed by atoms with E-state index in [0.29, 0.717) is 18.2 Å². The van der Waals surface area contributed by atoms with E-state index in [4.69, 9.17) is 5.26 Å². The summed E-state index contributed by atoms with van der Waals surface area (Å²) in [7, 11) is 0. The fourth-order valence-electron chi connectivity index (χ4n) is 2.04. The molecule has 0 atom stereocenters. The molecule has 0 radical (unpaired) electrons. The fourth-order valence-corrected chi connectivity index (χ4v) is 2.04. The lowest BCUT2D eigenvalue weighted by Crippen LogP contribution is -2.23. The lowest BCUT2D eigenvalue weighted by atomic mass is 10.1. The molecule has 0 aliphatic rings. The average molecular weight is 271 g/mol. The Bertz CT molecular complexity index is 623. The van der Waals surface area contributed by atoms with Crippen LogP contribution in [0.5, 0.6) is 0 Å². The van der Waals surface area contributed by atoms with Crippen molar-refractivity contribution in [3.63, 3.8) is 0 Å². The van der Waals surface area contributed by atoms with Crippen LogP contribution >= 0.6 is 0 Å². The van der Waals surface area contributed by atoms with Gasteiger partial charge in [-0.3, -0.25) is 0 Å². The van der Waals surface area contributed by atoms with Gasteiger partial charge < -0.3 is 9.88 Å². The van der Waals surface area contributed by atoms with Crippen molar-refractivity contribution in [1.82, 2.24) is 9.88 Å². The van der Waals surface area contributed by atoms with Crippen molar-refractivity contribution in [3.8, 4) is 6.07 Å². The van der Waals surface area contributed by atoms with E-state index < -0.39 is 5.82 Å². The summed E-state index contributed by atoms with van der Waals surface area (Å²) in [6.45, 7) is 5.35. The number of halogens is 1. The first-order valence-corrected chi connectivity index (χ1v) is 6.66. The second kappa shape index (κ2) is 6.36. The van der Waals surface area contributed by atoms with Crippen molar-refractivity contribution < 1.29 is 4.39 Å². The van der Waals surface area contributed by atoms with Gasteiger partial charge in [0.25, 0.3) is 0 Å². The summed E-state index contributed by atoms with van der Waals surface area (Å²) < 4.78 is 16.1. The molecule has 0 bridgehead atoms. The molecule has 3 nitrogen and oxygen atoms in total. The Morgan fingerprint density at radius 3 is 2.80 bits per heavy atom. The Hall–Kier alpha value is -2.12. The molecule has 2 aromatic rings. The summed E-state index contributed by atoms with van der Waals surface area (Å²) in [6.07, 6.45) is 1.93. The highest BCUT2D eigenvalue weighted by Gasteiger charge is 2.09. The zero-order chi connectivity index (χ0) is 14.5. The van der Waals surface area contributed by atoms with E-state index in [1.165, 1.54) is 6.07 Å². The molecule has 0 saturated heterocycles. The van der Waals surface area contributed by atoms with E-state index in [1.807, 2.05) is 29.0 Å². The number of nitriles is 1. The van der Waals surface area contributed by atoms with E-state index in [-0.39, 0.29) is 5.56 Å². The van der Waals surface area contributed by atoms with Gasteiger partial charge in [0.05, 0.1) is 12.1 Å². The molecule has 104 valence electrons.